The van der Waals surface area contributed by atoms with E-state index in [2.05, 4.69) is 0 Å². The molecule has 0 unspecified atom stereocenters. The van der Waals surface area contributed by atoms with E-state index in [9.17, 15) is 25.3 Å². The zero-order valence-corrected chi connectivity index (χ0v) is 18.1. The second-order valence-electron chi connectivity index (χ2n) is 6.88. The van der Waals surface area contributed by atoms with E-state index < -0.39 is 53.8 Å². The van der Waals surface area contributed by atoms with E-state index in [0.717, 1.165) is 11.1 Å². The Morgan fingerprint density at radius 2 is 1.00 bits per heavy atom. The number of benzene rings is 2. The van der Waals surface area contributed by atoms with Crippen molar-refractivity contribution in [3.63, 3.8) is 0 Å². The van der Waals surface area contributed by atoms with Gasteiger partial charge in [-0.2, -0.15) is 16.8 Å². The Morgan fingerprint density at radius 3 is 1.31 bits per heavy atom. The van der Waals surface area contributed by atoms with E-state index in [4.69, 9.17) is 8.37 Å². The summed E-state index contributed by atoms with van der Waals surface area (Å²) in [7, 11) is -12.4. The minimum atomic E-state index is -4.31. The Balaban J connectivity index is 1.85. The molecule has 1 aliphatic rings. The maximum Gasteiger partial charge on any atom is 0.297 e. The molecule has 0 aromatic heterocycles. The average Bonchev–Trinajstić information content (AvgIpc) is 2.87. The lowest BCUT2D eigenvalue weighted by molar-refractivity contribution is 0.101. The summed E-state index contributed by atoms with van der Waals surface area (Å²) in [6.45, 7) is 3.56. The molecule has 158 valence electrons. The Kier molecular flexibility index (Phi) is 5.89. The third kappa shape index (κ3) is 5.23. The predicted molar refractivity (Wildman–Crippen MR) is 105 cm³/mol. The highest BCUT2D eigenvalue weighted by Crippen LogP contribution is 2.27. The van der Waals surface area contributed by atoms with Crippen molar-refractivity contribution in [3.8, 4) is 0 Å². The largest absolute Gasteiger partial charge is 0.297 e. The highest BCUT2D eigenvalue weighted by Gasteiger charge is 2.44. The number of hydrogen-bond donors (Lipinski definition) is 0. The average molecular weight is 461 g/mol. The molecule has 2 atom stereocenters. The number of aryl methyl sites for hydroxylation is 2. The standard InChI is InChI=1S/C18H20O8S3/c1-13-3-7-15(8-4-13)28(21,22)25-17-11-27(19,20)12-18(17)26-29(23,24)16-9-5-14(2)6-10-16/h3-10,17-18H,11-12H2,1-2H3/t17-,18+. The quantitative estimate of drug-likeness (QED) is 0.596. The lowest BCUT2D eigenvalue weighted by Gasteiger charge is -2.18. The minimum Gasteiger partial charge on any atom is -0.259 e. The molecular weight excluding hydrogens is 440 g/mol. The van der Waals surface area contributed by atoms with Crippen molar-refractivity contribution in [3.05, 3.63) is 59.7 Å². The van der Waals surface area contributed by atoms with E-state index in [1.807, 2.05) is 0 Å². The van der Waals surface area contributed by atoms with Crippen molar-refractivity contribution in [1.29, 1.82) is 0 Å². The molecule has 2 aromatic rings. The zero-order valence-electron chi connectivity index (χ0n) is 15.7. The maximum atomic E-state index is 12.5. The lowest BCUT2D eigenvalue weighted by Crippen LogP contribution is -2.34. The van der Waals surface area contributed by atoms with Crippen LogP contribution in [0.25, 0.3) is 0 Å². The Morgan fingerprint density at radius 1 is 0.690 bits per heavy atom. The molecule has 0 N–H and O–H groups in total. The highest BCUT2D eigenvalue weighted by atomic mass is 32.2. The van der Waals surface area contributed by atoms with Gasteiger partial charge in [0.2, 0.25) is 0 Å². The molecule has 3 rings (SSSR count). The molecule has 0 radical (unpaired) electrons. The van der Waals surface area contributed by atoms with Crippen molar-refractivity contribution >= 4 is 30.1 Å². The highest BCUT2D eigenvalue weighted by molar-refractivity contribution is 7.92. The molecule has 0 aliphatic carbocycles. The van der Waals surface area contributed by atoms with Crippen molar-refractivity contribution in [1.82, 2.24) is 0 Å². The smallest absolute Gasteiger partial charge is 0.259 e. The molecule has 11 heteroatoms. The van der Waals surface area contributed by atoms with Crippen molar-refractivity contribution in [2.45, 2.75) is 35.8 Å². The van der Waals surface area contributed by atoms with Crippen LogP contribution in [0.3, 0.4) is 0 Å². The second kappa shape index (κ2) is 7.80. The van der Waals surface area contributed by atoms with E-state index in [-0.39, 0.29) is 9.79 Å². The van der Waals surface area contributed by atoms with Gasteiger partial charge >= 0.3 is 0 Å². The van der Waals surface area contributed by atoms with Crippen LogP contribution in [0.5, 0.6) is 0 Å². The van der Waals surface area contributed by atoms with Gasteiger partial charge in [0.05, 0.1) is 21.3 Å². The molecule has 0 amide bonds. The van der Waals surface area contributed by atoms with Crippen molar-refractivity contribution in [2.75, 3.05) is 11.5 Å². The van der Waals surface area contributed by atoms with Gasteiger partial charge < -0.3 is 0 Å². The maximum absolute atomic E-state index is 12.5. The van der Waals surface area contributed by atoms with Gasteiger partial charge in [0.1, 0.15) is 12.2 Å². The van der Waals surface area contributed by atoms with E-state index in [0.29, 0.717) is 0 Å². The summed E-state index contributed by atoms with van der Waals surface area (Å²) in [6.07, 6.45) is -2.96. The van der Waals surface area contributed by atoms with Crippen LogP contribution in [0.15, 0.2) is 58.3 Å². The van der Waals surface area contributed by atoms with E-state index in [1.165, 1.54) is 24.3 Å². The van der Waals surface area contributed by atoms with Crippen LogP contribution in [0.4, 0.5) is 0 Å². The topological polar surface area (TPSA) is 121 Å². The van der Waals surface area contributed by atoms with Crippen LogP contribution in [0.1, 0.15) is 11.1 Å². The second-order valence-corrected chi connectivity index (χ2v) is 12.2. The van der Waals surface area contributed by atoms with Gasteiger partial charge in [-0.3, -0.25) is 8.37 Å². The van der Waals surface area contributed by atoms with Gasteiger partial charge in [-0.05, 0) is 38.1 Å². The molecule has 29 heavy (non-hydrogen) atoms. The van der Waals surface area contributed by atoms with Crippen LogP contribution in [0, 0.1) is 13.8 Å². The summed E-state index contributed by atoms with van der Waals surface area (Å²) < 4.78 is 84.3. The van der Waals surface area contributed by atoms with Gasteiger partial charge in [-0.1, -0.05) is 35.4 Å². The molecule has 1 saturated heterocycles. The van der Waals surface area contributed by atoms with Gasteiger partial charge in [-0.15, -0.1) is 0 Å². The monoisotopic (exact) mass is 460 g/mol. The third-order valence-electron chi connectivity index (χ3n) is 4.37. The summed E-state index contributed by atoms with van der Waals surface area (Å²) in [6, 6.07) is 11.6. The van der Waals surface area contributed by atoms with Gasteiger partial charge in [0.15, 0.2) is 9.84 Å². The number of rotatable bonds is 6. The van der Waals surface area contributed by atoms with Crippen LogP contribution >= 0.6 is 0 Å². The van der Waals surface area contributed by atoms with Crippen molar-refractivity contribution < 1.29 is 33.6 Å². The first-order valence-electron chi connectivity index (χ1n) is 8.58. The summed E-state index contributed by atoms with van der Waals surface area (Å²) in [5.74, 6) is -1.32. The Bertz CT molecular complexity index is 1110. The molecule has 1 heterocycles. The van der Waals surface area contributed by atoms with Gasteiger partial charge in [0, 0.05) is 0 Å². The molecule has 1 aliphatic heterocycles. The first kappa shape index (κ1) is 21.9. The molecular formula is C18H20O8S3. The SMILES string of the molecule is Cc1ccc(S(=O)(=O)O[C@H]2CS(=O)(=O)C[C@H]2OS(=O)(=O)c2ccc(C)cc2)cc1. The zero-order chi connectivity index (χ0) is 21.4. The first-order chi connectivity index (χ1) is 13.4. The van der Waals surface area contributed by atoms with Gasteiger partial charge in [0.25, 0.3) is 20.2 Å². The first-order valence-corrected chi connectivity index (χ1v) is 13.2. The van der Waals surface area contributed by atoms with Crippen LogP contribution in [-0.4, -0.2) is 49.0 Å². The fourth-order valence-corrected chi connectivity index (χ4v) is 6.88. The van der Waals surface area contributed by atoms with Crippen LogP contribution in [0.2, 0.25) is 0 Å². The Labute approximate surface area is 170 Å². The molecule has 1 fully saturated rings. The van der Waals surface area contributed by atoms with Crippen LogP contribution < -0.4 is 0 Å². The summed E-state index contributed by atoms with van der Waals surface area (Å²) >= 11 is 0. The molecule has 0 saturated carbocycles. The van der Waals surface area contributed by atoms with E-state index >= 15 is 0 Å². The Hall–Kier alpha value is -1.79. The molecule has 2 aromatic carbocycles. The fourth-order valence-electron chi connectivity index (χ4n) is 2.81. The normalized spacial score (nSPS) is 21.9. The number of sulfone groups is 1. The van der Waals surface area contributed by atoms with Crippen LogP contribution in [-0.2, 0) is 38.4 Å². The van der Waals surface area contributed by atoms with E-state index in [1.54, 1.807) is 38.1 Å². The molecule has 0 bridgehead atoms. The van der Waals surface area contributed by atoms with Gasteiger partial charge in [-0.25, -0.2) is 8.42 Å². The summed E-state index contributed by atoms with van der Waals surface area (Å²) in [5, 5.41) is 0. The molecule has 0 spiro atoms. The molecule has 8 nitrogen and oxygen atoms in total. The lowest BCUT2D eigenvalue weighted by atomic mass is 10.2. The minimum absolute atomic E-state index is 0.160. The predicted octanol–water partition coefficient (Wildman–Crippen LogP) is 1.58. The third-order valence-corrected chi connectivity index (χ3v) is 8.74. The van der Waals surface area contributed by atoms with Crippen molar-refractivity contribution in [2.24, 2.45) is 0 Å². The number of hydrogen-bond acceptors (Lipinski definition) is 8. The summed E-state index contributed by atoms with van der Waals surface area (Å²) in [4.78, 5) is -0.319. The summed E-state index contributed by atoms with van der Waals surface area (Å²) in [5.41, 5.74) is 1.66. The fraction of sp³-hybridized carbons (Fsp3) is 0.333.